The van der Waals surface area contributed by atoms with E-state index in [0.29, 0.717) is 12.8 Å². The van der Waals surface area contributed by atoms with Gasteiger partial charge in [0.2, 0.25) is 5.91 Å². The van der Waals surface area contributed by atoms with E-state index in [9.17, 15) is 4.79 Å². The fourth-order valence-electron chi connectivity index (χ4n) is 3.91. The Bertz CT molecular complexity index is 1160. The number of aryl methyl sites for hydroxylation is 3. The van der Waals surface area contributed by atoms with Crippen molar-refractivity contribution in [3.05, 3.63) is 77.5 Å². The number of nitrogens with one attached hydrogen (secondary N) is 1. The predicted molar refractivity (Wildman–Crippen MR) is 121 cm³/mol. The van der Waals surface area contributed by atoms with Crippen LogP contribution in [0.2, 0.25) is 0 Å². The van der Waals surface area contributed by atoms with Crippen LogP contribution in [0.5, 0.6) is 0 Å². The number of hydrogen-bond acceptors (Lipinski definition) is 4. The Balaban J connectivity index is 1.41. The molecule has 0 saturated heterocycles. The van der Waals surface area contributed by atoms with Gasteiger partial charge in [0.05, 0.1) is 12.0 Å². The van der Waals surface area contributed by atoms with Gasteiger partial charge in [0.1, 0.15) is 5.76 Å². The summed E-state index contributed by atoms with van der Waals surface area (Å²) in [7, 11) is 0. The topological polar surface area (TPSA) is 72.4 Å². The minimum atomic E-state index is 0.0521. The van der Waals surface area contributed by atoms with Crippen LogP contribution in [0.4, 0.5) is 0 Å². The van der Waals surface area contributed by atoms with Crippen molar-refractivity contribution in [2.45, 2.75) is 52.5 Å². The second kappa shape index (κ2) is 9.16. The van der Waals surface area contributed by atoms with Crippen molar-refractivity contribution >= 4 is 11.6 Å². The monoisotopic (exact) mass is 416 g/mol. The number of benzene rings is 1. The summed E-state index contributed by atoms with van der Waals surface area (Å²) in [5.41, 5.74) is 5.85. The van der Waals surface area contributed by atoms with Crippen LogP contribution < -0.4 is 5.32 Å². The van der Waals surface area contributed by atoms with E-state index >= 15 is 0 Å². The van der Waals surface area contributed by atoms with Crippen LogP contribution in [-0.4, -0.2) is 26.5 Å². The highest BCUT2D eigenvalue weighted by Crippen LogP contribution is 2.22. The zero-order valence-corrected chi connectivity index (χ0v) is 18.3. The van der Waals surface area contributed by atoms with Gasteiger partial charge >= 0.3 is 0 Å². The number of rotatable bonds is 8. The van der Waals surface area contributed by atoms with Gasteiger partial charge in [-0.2, -0.15) is 5.10 Å². The van der Waals surface area contributed by atoms with Gasteiger partial charge in [-0.3, -0.25) is 4.79 Å². The van der Waals surface area contributed by atoms with Crippen molar-refractivity contribution in [1.29, 1.82) is 0 Å². The van der Waals surface area contributed by atoms with Crippen molar-refractivity contribution in [2.24, 2.45) is 0 Å². The first-order valence-corrected chi connectivity index (χ1v) is 10.7. The van der Waals surface area contributed by atoms with Crippen molar-refractivity contribution in [3.8, 4) is 11.3 Å². The fraction of sp³-hybridized carbons (Fsp3) is 0.320. The van der Waals surface area contributed by atoms with Gasteiger partial charge in [0.15, 0.2) is 5.65 Å². The molecule has 1 N–H and O–H groups in total. The van der Waals surface area contributed by atoms with Crippen molar-refractivity contribution in [1.82, 2.24) is 19.9 Å². The summed E-state index contributed by atoms with van der Waals surface area (Å²) in [6, 6.07) is 16.0. The van der Waals surface area contributed by atoms with Crippen molar-refractivity contribution < 1.29 is 9.21 Å². The fourth-order valence-corrected chi connectivity index (χ4v) is 3.91. The molecule has 4 aromatic rings. The summed E-state index contributed by atoms with van der Waals surface area (Å²) in [6.45, 7) is 6.07. The number of hydrogen-bond donors (Lipinski definition) is 1. The van der Waals surface area contributed by atoms with Gasteiger partial charge in [-0.1, -0.05) is 30.3 Å². The lowest BCUT2D eigenvalue weighted by atomic mass is 10.1. The second-order valence-corrected chi connectivity index (χ2v) is 8.01. The zero-order valence-electron chi connectivity index (χ0n) is 18.3. The third-order valence-corrected chi connectivity index (χ3v) is 5.65. The average molecular weight is 417 g/mol. The Morgan fingerprint density at radius 3 is 2.68 bits per heavy atom. The lowest BCUT2D eigenvalue weighted by molar-refractivity contribution is -0.121. The first kappa shape index (κ1) is 20.8. The Labute approximate surface area is 182 Å². The van der Waals surface area contributed by atoms with E-state index in [1.165, 1.54) is 0 Å². The van der Waals surface area contributed by atoms with Gasteiger partial charge in [0, 0.05) is 41.9 Å². The number of fused-ring (bicyclic) bond motifs is 1. The third-order valence-electron chi connectivity index (χ3n) is 5.65. The number of nitrogens with zero attached hydrogens (tertiary/aromatic N) is 3. The van der Waals surface area contributed by atoms with E-state index in [0.717, 1.165) is 52.5 Å². The van der Waals surface area contributed by atoms with Gasteiger partial charge in [-0.25, -0.2) is 9.50 Å². The maximum atomic E-state index is 12.5. The summed E-state index contributed by atoms with van der Waals surface area (Å²) in [6.07, 6.45) is 4.40. The minimum Gasteiger partial charge on any atom is -0.469 e. The highest BCUT2D eigenvalue weighted by molar-refractivity contribution is 5.76. The first-order chi connectivity index (χ1) is 15.0. The molecule has 0 aliphatic carbocycles. The first-order valence-electron chi connectivity index (χ1n) is 10.7. The molecule has 0 saturated carbocycles. The summed E-state index contributed by atoms with van der Waals surface area (Å²) in [5, 5.41) is 7.84. The Morgan fingerprint density at radius 1 is 1.13 bits per heavy atom. The molecule has 4 rings (SSSR count). The van der Waals surface area contributed by atoms with E-state index in [1.54, 1.807) is 6.26 Å². The molecule has 1 atom stereocenters. The SMILES string of the molecule is Cc1nc2cc(-c3ccccc3)nn2c(C)c1CCC(=O)N[C@@H](C)CCc1ccco1. The van der Waals surface area contributed by atoms with Crippen LogP contribution in [0.15, 0.2) is 59.2 Å². The molecule has 6 heteroatoms. The summed E-state index contributed by atoms with van der Waals surface area (Å²) in [4.78, 5) is 17.2. The largest absolute Gasteiger partial charge is 0.469 e. The molecule has 3 heterocycles. The van der Waals surface area contributed by atoms with E-state index < -0.39 is 0 Å². The van der Waals surface area contributed by atoms with Crippen molar-refractivity contribution in [2.75, 3.05) is 0 Å². The number of carbonyl (C=O) groups is 1. The van der Waals surface area contributed by atoms with E-state index in [2.05, 4.69) is 5.32 Å². The van der Waals surface area contributed by atoms with Gasteiger partial charge in [-0.05, 0) is 51.3 Å². The van der Waals surface area contributed by atoms with E-state index in [1.807, 2.05) is 73.8 Å². The molecule has 0 aliphatic rings. The summed E-state index contributed by atoms with van der Waals surface area (Å²) >= 11 is 0. The molecule has 0 spiro atoms. The van der Waals surface area contributed by atoms with Crippen LogP contribution >= 0.6 is 0 Å². The molecule has 160 valence electrons. The highest BCUT2D eigenvalue weighted by Gasteiger charge is 2.15. The van der Waals surface area contributed by atoms with Crippen LogP contribution in [-0.2, 0) is 17.6 Å². The molecule has 1 aromatic carbocycles. The highest BCUT2D eigenvalue weighted by atomic mass is 16.3. The average Bonchev–Trinajstić information content (AvgIpc) is 3.43. The molecule has 0 aliphatic heterocycles. The molecule has 0 radical (unpaired) electrons. The Morgan fingerprint density at radius 2 is 1.94 bits per heavy atom. The number of aromatic nitrogens is 3. The number of carbonyl (C=O) groups excluding carboxylic acids is 1. The molecule has 0 fully saturated rings. The molecule has 1 amide bonds. The number of amides is 1. The smallest absolute Gasteiger partial charge is 0.220 e. The van der Waals surface area contributed by atoms with Crippen molar-refractivity contribution in [3.63, 3.8) is 0 Å². The molecule has 3 aromatic heterocycles. The number of furan rings is 1. The third kappa shape index (κ3) is 4.85. The molecular weight excluding hydrogens is 388 g/mol. The van der Waals surface area contributed by atoms with Crippen LogP contribution in [0.3, 0.4) is 0 Å². The lowest BCUT2D eigenvalue weighted by Crippen LogP contribution is -2.33. The zero-order chi connectivity index (χ0) is 21.8. The Hall–Kier alpha value is -3.41. The summed E-state index contributed by atoms with van der Waals surface area (Å²) < 4.78 is 7.24. The van der Waals surface area contributed by atoms with Gasteiger partial charge < -0.3 is 9.73 Å². The molecule has 0 unspecified atom stereocenters. The van der Waals surface area contributed by atoms with E-state index in [4.69, 9.17) is 14.5 Å². The molecule has 6 nitrogen and oxygen atoms in total. The van der Waals surface area contributed by atoms with Crippen LogP contribution in [0, 0.1) is 13.8 Å². The van der Waals surface area contributed by atoms with Gasteiger partial charge in [-0.15, -0.1) is 0 Å². The van der Waals surface area contributed by atoms with Crippen LogP contribution in [0.25, 0.3) is 16.9 Å². The molecule has 31 heavy (non-hydrogen) atoms. The predicted octanol–water partition coefficient (Wildman–Crippen LogP) is 4.68. The lowest BCUT2D eigenvalue weighted by Gasteiger charge is -2.14. The maximum absolute atomic E-state index is 12.5. The van der Waals surface area contributed by atoms with Gasteiger partial charge in [0.25, 0.3) is 0 Å². The van der Waals surface area contributed by atoms with E-state index in [-0.39, 0.29) is 11.9 Å². The standard InChI is InChI=1S/C25H28N4O2/c1-17(11-12-21-10-7-15-31-21)26-25(30)14-13-22-18(2)27-24-16-23(28-29(24)19(22)3)20-8-5-4-6-9-20/h4-10,15-17H,11-14H2,1-3H3,(H,26,30)/t17-/m0/s1. The normalized spacial score (nSPS) is 12.2. The minimum absolute atomic E-state index is 0.0521. The maximum Gasteiger partial charge on any atom is 0.220 e. The Kier molecular flexibility index (Phi) is 6.16. The van der Waals surface area contributed by atoms with Crippen LogP contribution in [0.1, 0.15) is 42.5 Å². The molecular formula is C25H28N4O2. The summed E-state index contributed by atoms with van der Waals surface area (Å²) in [5.74, 6) is 0.997. The molecule has 0 bridgehead atoms. The quantitative estimate of drug-likeness (QED) is 0.453. The second-order valence-electron chi connectivity index (χ2n) is 8.01.